The fraction of sp³-hybridized carbons (Fsp3) is 0.579. The number of carbonyl (C=O) groups excluding carboxylic acids is 2. The number of rotatable bonds is 6. The van der Waals surface area contributed by atoms with Gasteiger partial charge in [-0.1, -0.05) is 0 Å². The SMILES string of the molecule is COC1CCN(C(C)(C)CNC(=O)Nc2ccc(C(C)=O)cc2)CC1. The number of ketones is 1. The van der Waals surface area contributed by atoms with Gasteiger partial charge in [0.15, 0.2) is 5.78 Å². The molecule has 138 valence electrons. The fourth-order valence-corrected chi connectivity index (χ4v) is 3.07. The molecular formula is C19H29N3O3. The third kappa shape index (κ3) is 5.54. The lowest BCUT2D eigenvalue weighted by molar-refractivity contribution is 0.00748. The van der Waals surface area contributed by atoms with Gasteiger partial charge in [-0.05, 0) is 57.9 Å². The third-order valence-electron chi connectivity index (χ3n) is 4.86. The summed E-state index contributed by atoms with van der Waals surface area (Å²) in [7, 11) is 1.76. The Balaban J connectivity index is 1.81. The van der Waals surface area contributed by atoms with Crippen molar-refractivity contribution in [3.63, 3.8) is 0 Å². The number of carbonyl (C=O) groups is 2. The largest absolute Gasteiger partial charge is 0.381 e. The summed E-state index contributed by atoms with van der Waals surface area (Å²) >= 11 is 0. The second-order valence-corrected chi connectivity index (χ2v) is 7.18. The monoisotopic (exact) mass is 347 g/mol. The van der Waals surface area contributed by atoms with Crippen LogP contribution in [0.5, 0.6) is 0 Å². The molecule has 6 heteroatoms. The number of methoxy groups -OCH3 is 1. The van der Waals surface area contributed by atoms with Crippen molar-refractivity contribution in [3.8, 4) is 0 Å². The van der Waals surface area contributed by atoms with Crippen molar-refractivity contribution in [2.24, 2.45) is 0 Å². The van der Waals surface area contributed by atoms with Crippen LogP contribution in [-0.4, -0.2) is 55.1 Å². The number of amides is 2. The van der Waals surface area contributed by atoms with Gasteiger partial charge in [-0.2, -0.15) is 0 Å². The second-order valence-electron chi connectivity index (χ2n) is 7.18. The molecule has 0 spiro atoms. The number of Topliss-reactive ketones (excluding diaryl/α,β-unsaturated/α-hetero) is 1. The highest BCUT2D eigenvalue weighted by molar-refractivity contribution is 5.95. The summed E-state index contributed by atoms with van der Waals surface area (Å²) in [5, 5.41) is 5.74. The summed E-state index contributed by atoms with van der Waals surface area (Å²) in [6.45, 7) is 8.31. The molecule has 0 aromatic heterocycles. The van der Waals surface area contributed by atoms with Gasteiger partial charge < -0.3 is 15.4 Å². The highest BCUT2D eigenvalue weighted by Crippen LogP contribution is 2.21. The van der Waals surface area contributed by atoms with Gasteiger partial charge in [0.2, 0.25) is 0 Å². The van der Waals surface area contributed by atoms with E-state index < -0.39 is 0 Å². The van der Waals surface area contributed by atoms with E-state index in [2.05, 4.69) is 29.4 Å². The number of piperidine rings is 1. The lowest BCUT2D eigenvalue weighted by atomic mass is 9.97. The lowest BCUT2D eigenvalue weighted by Gasteiger charge is -2.42. The maximum atomic E-state index is 12.1. The zero-order chi connectivity index (χ0) is 18.4. The molecule has 6 nitrogen and oxygen atoms in total. The summed E-state index contributed by atoms with van der Waals surface area (Å²) in [6.07, 6.45) is 2.39. The molecule has 1 aromatic rings. The molecule has 2 rings (SSSR count). The maximum Gasteiger partial charge on any atom is 0.319 e. The minimum Gasteiger partial charge on any atom is -0.381 e. The van der Waals surface area contributed by atoms with Crippen molar-refractivity contribution in [1.29, 1.82) is 0 Å². The van der Waals surface area contributed by atoms with Gasteiger partial charge in [0.05, 0.1) is 6.10 Å². The quantitative estimate of drug-likeness (QED) is 0.776. The van der Waals surface area contributed by atoms with Crippen LogP contribution in [0.2, 0.25) is 0 Å². The fourth-order valence-electron chi connectivity index (χ4n) is 3.07. The highest BCUT2D eigenvalue weighted by Gasteiger charge is 2.30. The molecule has 0 atom stereocenters. The first kappa shape index (κ1) is 19.4. The van der Waals surface area contributed by atoms with Gasteiger partial charge >= 0.3 is 6.03 Å². The van der Waals surface area contributed by atoms with Crippen LogP contribution in [0, 0.1) is 0 Å². The molecule has 0 saturated carbocycles. The van der Waals surface area contributed by atoms with Crippen LogP contribution >= 0.6 is 0 Å². The number of hydrogen-bond donors (Lipinski definition) is 2. The standard InChI is InChI=1S/C19H29N3O3/c1-14(23)15-5-7-16(8-6-15)21-18(24)20-13-19(2,3)22-11-9-17(25-4)10-12-22/h5-8,17H,9-13H2,1-4H3,(H2,20,21,24). The molecule has 1 aliphatic heterocycles. The van der Waals surface area contributed by atoms with Gasteiger partial charge in [-0.3, -0.25) is 9.69 Å². The normalized spacial score (nSPS) is 16.5. The summed E-state index contributed by atoms with van der Waals surface area (Å²) < 4.78 is 5.41. The molecular weight excluding hydrogens is 318 g/mol. The molecule has 0 aliphatic carbocycles. The van der Waals surface area contributed by atoms with E-state index in [1.807, 2.05) is 0 Å². The Labute approximate surface area is 149 Å². The van der Waals surface area contributed by atoms with Crippen LogP contribution in [0.3, 0.4) is 0 Å². The van der Waals surface area contributed by atoms with E-state index in [-0.39, 0.29) is 17.4 Å². The first-order chi connectivity index (χ1) is 11.8. The Kier molecular flexibility index (Phi) is 6.56. The Hall–Kier alpha value is -1.92. The van der Waals surface area contributed by atoms with Crippen molar-refractivity contribution in [3.05, 3.63) is 29.8 Å². The molecule has 25 heavy (non-hydrogen) atoms. The van der Waals surface area contributed by atoms with E-state index in [0.717, 1.165) is 25.9 Å². The Morgan fingerprint density at radius 2 is 1.80 bits per heavy atom. The van der Waals surface area contributed by atoms with E-state index in [4.69, 9.17) is 4.74 Å². The molecule has 2 amide bonds. The smallest absolute Gasteiger partial charge is 0.319 e. The van der Waals surface area contributed by atoms with E-state index in [1.165, 1.54) is 6.92 Å². The van der Waals surface area contributed by atoms with E-state index >= 15 is 0 Å². The predicted octanol–water partition coefficient (Wildman–Crippen LogP) is 2.90. The number of nitrogens with zero attached hydrogens (tertiary/aromatic N) is 1. The number of benzene rings is 1. The molecule has 0 unspecified atom stereocenters. The van der Waals surface area contributed by atoms with Crippen LogP contribution in [0.1, 0.15) is 44.0 Å². The van der Waals surface area contributed by atoms with Crippen LogP contribution in [0.15, 0.2) is 24.3 Å². The van der Waals surface area contributed by atoms with Crippen molar-refractivity contribution in [1.82, 2.24) is 10.2 Å². The van der Waals surface area contributed by atoms with E-state index in [1.54, 1.807) is 31.4 Å². The van der Waals surface area contributed by atoms with E-state index in [0.29, 0.717) is 23.9 Å². The van der Waals surface area contributed by atoms with Crippen LogP contribution < -0.4 is 10.6 Å². The summed E-state index contributed by atoms with van der Waals surface area (Å²) in [5.41, 5.74) is 1.18. The van der Waals surface area contributed by atoms with Crippen molar-refractivity contribution < 1.29 is 14.3 Å². The topological polar surface area (TPSA) is 70.7 Å². The average Bonchev–Trinajstić information content (AvgIpc) is 2.60. The van der Waals surface area contributed by atoms with Gasteiger partial charge in [0.25, 0.3) is 0 Å². The lowest BCUT2D eigenvalue weighted by Crippen LogP contribution is -2.55. The number of ether oxygens (including phenoxy) is 1. The minimum absolute atomic E-state index is 0.00925. The first-order valence-corrected chi connectivity index (χ1v) is 8.75. The zero-order valence-electron chi connectivity index (χ0n) is 15.6. The van der Waals surface area contributed by atoms with Gasteiger partial charge in [0.1, 0.15) is 0 Å². The maximum absolute atomic E-state index is 12.1. The average molecular weight is 347 g/mol. The number of urea groups is 1. The number of anilines is 1. The number of likely N-dealkylation sites (tertiary alicyclic amines) is 1. The van der Waals surface area contributed by atoms with Gasteiger partial charge in [-0.25, -0.2) is 4.79 Å². The molecule has 0 bridgehead atoms. The third-order valence-corrected chi connectivity index (χ3v) is 4.86. The molecule has 2 N–H and O–H groups in total. The highest BCUT2D eigenvalue weighted by atomic mass is 16.5. The molecule has 0 radical (unpaired) electrons. The molecule has 1 aliphatic rings. The predicted molar refractivity (Wildman–Crippen MR) is 99.2 cm³/mol. The van der Waals surface area contributed by atoms with Crippen LogP contribution in [-0.2, 0) is 4.74 Å². The molecule has 1 aromatic carbocycles. The van der Waals surface area contributed by atoms with Crippen molar-refractivity contribution >= 4 is 17.5 Å². The van der Waals surface area contributed by atoms with Crippen molar-refractivity contribution in [2.75, 3.05) is 32.1 Å². The summed E-state index contributed by atoms with van der Waals surface area (Å²) in [6, 6.07) is 6.65. The number of hydrogen-bond acceptors (Lipinski definition) is 4. The summed E-state index contributed by atoms with van der Waals surface area (Å²) in [4.78, 5) is 25.8. The Bertz CT molecular complexity index is 590. The van der Waals surface area contributed by atoms with Crippen LogP contribution in [0.25, 0.3) is 0 Å². The molecule has 1 heterocycles. The zero-order valence-corrected chi connectivity index (χ0v) is 15.6. The van der Waals surface area contributed by atoms with Gasteiger partial charge in [0, 0.05) is 43.5 Å². The first-order valence-electron chi connectivity index (χ1n) is 8.75. The number of nitrogens with one attached hydrogen (secondary N) is 2. The summed E-state index contributed by atoms with van der Waals surface area (Å²) in [5.74, 6) is 0.00925. The molecule has 1 saturated heterocycles. The Morgan fingerprint density at radius 1 is 1.20 bits per heavy atom. The van der Waals surface area contributed by atoms with Crippen LogP contribution in [0.4, 0.5) is 10.5 Å². The Morgan fingerprint density at radius 3 is 2.32 bits per heavy atom. The van der Waals surface area contributed by atoms with E-state index in [9.17, 15) is 9.59 Å². The van der Waals surface area contributed by atoms with Crippen molar-refractivity contribution in [2.45, 2.75) is 45.3 Å². The van der Waals surface area contributed by atoms with Gasteiger partial charge in [-0.15, -0.1) is 0 Å². The molecule has 1 fully saturated rings. The second kappa shape index (κ2) is 8.45. The minimum atomic E-state index is -0.240.